The number of hydrogen-bond acceptors (Lipinski definition) is 1. The Morgan fingerprint density at radius 2 is 2.00 bits per heavy atom. The Labute approximate surface area is 78.3 Å². The van der Waals surface area contributed by atoms with Crippen LogP contribution in [-0.4, -0.2) is 0 Å². The van der Waals surface area contributed by atoms with Gasteiger partial charge in [-0.3, -0.25) is 0 Å². The highest BCUT2D eigenvalue weighted by Crippen LogP contribution is 2.13. The van der Waals surface area contributed by atoms with Crippen molar-refractivity contribution in [3.8, 4) is 6.07 Å². The van der Waals surface area contributed by atoms with E-state index in [1.165, 1.54) is 12.1 Å². The van der Waals surface area contributed by atoms with Gasteiger partial charge in [-0.15, -0.1) is 0 Å². The molecule has 1 aromatic rings. The summed E-state index contributed by atoms with van der Waals surface area (Å²) in [7, 11) is 0. The molecule has 3 heteroatoms. The van der Waals surface area contributed by atoms with E-state index in [0.717, 1.165) is 4.47 Å². The average molecular weight is 226 g/mol. The Bertz CT molecular complexity index is 335. The molecule has 60 valence electrons. The molecular weight excluding hydrogens is 221 g/mol. The van der Waals surface area contributed by atoms with Crippen LogP contribution in [0.2, 0.25) is 0 Å². The van der Waals surface area contributed by atoms with Gasteiger partial charge in [0.05, 0.1) is 0 Å². The third kappa shape index (κ3) is 2.48. The zero-order chi connectivity index (χ0) is 8.97. The second-order valence-corrected chi connectivity index (χ2v) is 3.07. The van der Waals surface area contributed by atoms with Crippen molar-refractivity contribution >= 4 is 22.0 Å². The Kier molecular flexibility index (Phi) is 3.01. The quantitative estimate of drug-likeness (QED) is 0.674. The standard InChI is InChI=1S/C9H5BrFN/c10-8-3-1-7(2-4-8)5-9(11)6-12/h1-5H/b9-5+. The van der Waals surface area contributed by atoms with Crippen molar-refractivity contribution in [3.63, 3.8) is 0 Å². The third-order valence-corrected chi connectivity index (χ3v) is 1.80. The first-order chi connectivity index (χ1) is 5.72. The van der Waals surface area contributed by atoms with Crippen LogP contribution in [0.15, 0.2) is 34.6 Å². The number of nitriles is 1. The van der Waals surface area contributed by atoms with Crippen molar-refractivity contribution in [2.24, 2.45) is 0 Å². The lowest BCUT2D eigenvalue weighted by molar-refractivity contribution is 0.679. The SMILES string of the molecule is N#C/C(F)=C\c1ccc(Br)cc1. The molecule has 0 aromatic heterocycles. The minimum atomic E-state index is -0.780. The van der Waals surface area contributed by atoms with Crippen LogP contribution in [0.5, 0.6) is 0 Å². The molecule has 12 heavy (non-hydrogen) atoms. The fraction of sp³-hybridized carbons (Fsp3) is 0. The first-order valence-corrected chi connectivity index (χ1v) is 4.04. The molecule has 0 radical (unpaired) electrons. The molecule has 0 bridgehead atoms. The summed E-state index contributed by atoms with van der Waals surface area (Å²) >= 11 is 3.25. The van der Waals surface area contributed by atoms with Crippen LogP contribution < -0.4 is 0 Å². The Balaban J connectivity index is 2.93. The van der Waals surface area contributed by atoms with Crippen molar-refractivity contribution in [2.45, 2.75) is 0 Å². The summed E-state index contributed by atoms with van der Waals surface area (Å²) in [6, 6.07) is 8.43. The minimum Gasteiger partial charge on any atom is -0.195 e. The highest BCUT2D eigenvalue weighted by atomic mass is 79.9. The van der Waals surface area contributed by atoms with Crippen LogP contribution >= 0.6 is 15.9 Å². The second-order valence-electron chi connectivity index (χ2n) is 2.16. The van der Waals surface area contributed by atoms with E-state index in [2.05, 4.69) is 15.9 Å². The van der Waals surface area contributed by atoms with Gasteiger partial charge in [-0.25, -0.2) is 0 Å². The van der Waals surface area contributed by atoms with Crippen LogP contribution in [-0.2, 0) is 0 Å². The molecule has 0 aliphatic carbocycles. The molecule has 1 aromatic carbocycles. The zero-order valence-electron chi connectivity index (χ0n) is 6.09. The van der Waals surface area contributed by atoms with Gasteiger partial charge in [0.15, 0.2) is 0 Å². The summed E-state index contributed by atoms with van der Waals surface area (Å²) in [6.45, 7) is 0. The van der Waals surface area contributed by atoms with Crippen molar-refractivity contribution in [2.75, 3.05) is 0 Å². The first-order valence-electron chi connectivity index (χ1n) is 3.25. The van der Waals surface area contributed by atoms with E-state index in [1.54, 1.807) is 24.3 Å². The van der Waals surface area contributed by atoms with Crippen molar-refractivity contribution in [3.05, 3.63) is 40.1 Å². The lowest BCUT2D eigenvalue weighted by Gasteiger charge is -1.91. The molecule has 0 fully saturated rings. The Morgan fingerprint density at radius 3 is 2.50 bits per heavy atom. The maximum absolute atomic E-state index is 12.4. The Hall–Kier alpha value is -1.14. The molecule has 0 amide bonds. The molecule has 0 aliphatic heterocycles. The van der Waals surface area contributed by atoms with Gasteiger partial charge in [0, 0.05) is 4.47 Å². The van der Waals surface area contributed by atoms with Crippen LogP contribution in [0.25, 0.3) is 6.08 Å². The van der Waals surface area contributed by atoms with Crippen molar-refractivity contribution < 1.29 is 4.39 Å². The number of rotatable bonds is 1. The average Bonchev–Trinajstić information content (AvgIpc) is 2.09. The summed E-state index contributed by atoms with van der Waals surface area (Å²) in [5, 5.41) is 8.15. The van der Waals surface area contributed by atoms with Gasteiger partial charge in [-0.1, -0.05) is 28.1 Å². The summed E-state index contributed by atoms with van der Waals surface area (Å²) < 4.78 is 13.3. The Morgan fingerprint density at radius 1 is 1.42 bits per heavy atom. The number of halogens is 2. The smallest absolute Gasteiger partial charge is 0.195 e. The summed E-state index contributed by atoms with van der Waals surface area (Å²) in [4.78, 5) is 0. The van der Waals surface area contributed by atoms with E-state index in [1.807, 2.05) is 0 Å². The fourth-order valence-electron chi connectivity index (χ4n) is 0.738. The normalized spacial score (nSPS) is 10.9. The molecule has 1 rings (SSSR count). The van der Waals surface area contributed by atoms with Crippen LogP contribution in [0, 0.1) is 11.3 Å². The summed E-state index contributed by atoms with van der Waals surface area (Å²) in [5.74, 6) is -0.780. The van der Waals surface area contributed by atoms with E-state index in [4.69, 9.17) is 5.26 Å². The van der Waals surface area contributed by atoms with Crippen molar-refractivity contribution in [1.82, 2.24) is 0 Å². The molecule has 0 aliphatic rings. The molecule has 0 N–H and O–H groups in total. The predicted molar refractivity (Wildman–Crippen MR) is 48.8 cm³/mol. The maximum Gasteiger partial charge on any atom is 0.200 e. The van der Waals surface area contributed by atoms with Crippen LogP contribution in [0.1, 0.15) is 5.56 Å². The van der Waals surface area contributed by atoms with Gasteiger partial charge in [0.25, 0.3) is 0 Å². The zero-order valence-corrected chi connectivity index (χ0v) is 7.68. The third-order valence-electron chi connectivity index (χ3n) is 1.27. The van der Waals surface area contributed by atoms with Crippen LogP contribution in [0.3, 0.4) is 0 Å². The van der Waals surface area contributed by atoms with E-state index in [-0.39, 0.29) is 0 Å². The topological polar surface area (TPSA) is 23.8 Å². The summed E-state index contributed by atoms with van der Waals surface area (Å²) in [6.07, 6.45) is 1.19. The summed E-state index contributed by atoms with van der Waals surface area (Å²) in [5.41, 5.74) is 0.678. The monoisotopic (exact) mass is 225 g/mol. The van der Waals surface area contributed by atoms with Gasteiger partial charge in [-0.05, 0) is 23.8 Å². The number of allylic oxidation sites excluding steroid dienone is 1. The maximum atomic E-state index is 12.4. The van der Waals surface area contributed by atoms with E-state index < -0.39 is 5.83 Å². The molecule has 0 heterocycles. The predicted octanol–water partition coefficient (Wildman–Crippen LogP) is 3.28. The molecule has 0 atom stereocenters. The molecule has 0 unspecified atom stereocenters. The largest absolute Gasteiger partial charge is 0.200 e. The lowest BCUT2D eigenvalue weighted by atomic mass is 10.2. The van der Waals surface area contributed by atoms with Crippen molar-refractivity contribution in [1.29, 1.82) is 5.26 Å². The number of hydrogen-bond donors (Lipinski definition) is 0. The number of nitrogens with zero attached hydrogens (tertiary/aromatic N) is 1. The first kappa shape index (κ1) is 8.95. The minimum absolute atomic E-state index is 0.678. The molecule has 0 saturated heterocycles. The highest BCUT2D eigenvalue weighted by molar-refractivity contribution is 9.10. The van der Waals surface area contributed by atoms with E-state index in [9.17, 15) is 4.39 Å². The second kappa shape index (κ2) is 4.03. The van der Waals surface area contributed by atoms with Gasteiger partial charge in [0.1, 0.15) is 6.07 Å². The molecule has 0 saturated carbocycles. The highest BCUT2D eigenvalue weighted by Gasteiger charge is 1.92. The van der Waals surface area contributed by atoms with E-state index >= 15 is 0 Å². The molecule has 0 spiro atoms. The molecular formula is C9H5BrFN. The van der Waals surface area contributed by atoms with Gasteiger partial charge in [0.2, 0.25) is 5.83 Å². The number of benzene rings is 1. The van der Waals surface area contributed by atoms with E-state index in [0.29, 0.717) is 5.56 Å². The molecule has 1 nitrogen and oxygen atoms in total. The van der Waals surface area contributed by atoms with Crippen LogP contribution in [0.4, 0.5) is 4.39 Å². The van der Waals surface area contributed by atoms with Gasteiger partial charge >= 0.3 is 0 Å². The fourth-order valence-corrected chi connectivity index (χ4v) is 1.00. The lowest BCUT2D eigenvalue weighted by Crippen LogP contribution is -1.72. The van der Waals surface area contributed by atoms with Gasteiger partial charge < -0.3 is 0 Å². The van der Waals surface area contributed by atoms with Gasteiger partial charge in [-0.2, -0.15) is 9.65 Å².